The molecule has 2 aromatic carbocycles. The monoisotopic (exact) mass is 316 g/mol. The summed E-state index contributed by atoms with van der Waals surface area (Å²) >= 11 is 0. The first kappa shape index (κ1) is 17.0. The van der Waals surface area contributed by atoms with Crippen molar-refractivity contribution in [3.05, 3.63) is 65.5 Å². The average Bonchev–Trinajstić information content (AvgIpc) is 2.55. The molecule has 1 atom stereocenters. The number of carbonyl (C=O) groups is 1. The summed E-state index contributed by atoms with van der Waals surface area (Å²) in [6, 6.07) is 14.1. The van der Waals surface area contributed by atoms with Crippen molar-refractivity contribution in [3.63, 3.8) is 0 Å². The standard InChI is InChI=1S/C19H21FO3/c1-3-23-19(21)13-16(15-5-4-6-17(20)12-15)11-14-7-9-18(22-2)10-8-14/h4-10,12,16H,3,11,13H2,1-2H3. The summed E-state index contributed by atoms with van der Waals surface area (Å²) in [5.74, 6) is 0.0842. The molecule has 0 bridgehead atoms. The topological polar surface area (TPSA) is 35.5 Å². The Balaban J connectivity index is 2.19. The van der Waals surface area contributed by atoms with Gasteiger partial charge in [-0.2, -0.15) is 0 Å². The Morgan fingerprint density at radius 2 is 1.91 bits per heavy atom. The molecule has 3 nitrogen and oxygen atoms in total. The minimum absolute atomic E-state index is 0.127. The molecule has 0 amide bonds. The predicted octanol–water partition coefficient (Wildman–Crippen LogP) is 4.11. The predicted molar refractivity (Wildman–Crippen MR) is 87.1 cm³/mol. The number of halogens is 1. The minimum atomic E-state index is -0.300. The van der Waals surface area contributed by atoms with E-state index in [0.717, 1.165) is 16.9 Å². The molecular formula is C19H21FO3. The second-order valence-electron chi connectivity index (χ2n) is 5.31. The Hall–Kier alpha value is -2.36. The van der Waals surface area contributed by atoms with Gasteiger partial charge in [0.1, 0.15) is 11.6 Å². The van der Waals surface area contributed by atoms with Crippen molar-refractivity contribution in [1.29, 1.82) is 0 Å². The van der Waals surface area contributed by atoms with Crippen LogP contribution >= 0.6 is 0 Å². The Labute approximate surface area is 136 Å². The number of rotatable bonds is 7. The van der Waals surface area contributed by atoms with Gasteiger partial charge in [0.25, 0.3) is 0 Å². The fourth-order valence-corrected chi connectivity index (χ4v) is 2.54. The molecule has 0 aliphatic carbocycles. The summed E-state index contributed by atoms with van der Waals surface area (Å²) in [6.45, 7) is 2.12. The maximum atomic E-state index is 13.5. The molecule has 1 unspecified atom stereocenters. The molecule has 0 radical (unpaired) electrons. The summed E-state index contributed by atoms with van der Waals surface area (Å²) in [6.07, 6.45) is 0.857. The lowest BCUT2D eigenvalue weighted by molar-refractivity contribution is -0.143. The smallest absolute Gasteiger partial charge is 0.306 e. The summed E-state index contributed by atoms with van der Waals surface area (Å²) in [5, 5.41) is 0. The van der Waals surface area contributed by atoms with E-state index < -0.39 is 0 Å². The largest absolute Gasteiger partial charge is 0.497 e. The van der Waals surface area contributed by atoms with Gasteiger partial charge in [-0.25, -0.2) is 4.39 Å². The molecular weight excluding hydrogens is 295 g/mol. The molecule has 122 valence electrons. The van der Waals surface area contributed by atoms with Crippen LogP contribution in [0.1, 0.15) is 30.4 Å². The second-order valence-corrected chi connectivity index (χ2v) is 5.31. The van der Waals surface area contributed by atoms with Gasteiger partial charge in [0.05, 0.1) is 20.1 Å². The van der Waals surface area contributed by atoms with E-state index in [-0.39, 0.29) is 24.1 Å². The van der Waals surface area contributed by atoms with Crippen molar-refractivity contribution in [3.8, 4) is 5.75 Å². The van der Waals surface area contributed by atoms with Gasteiger partial charge in [-0.05, 0) is 54.7 Å². The molecule has 0 saturated heterocycles. The van der Waals surface area contributed by atoms with Crippen LogP contribution in [-0.4, -0.2) is 19.7 Å². The minimum Gasteiger partial charge on any atom is -0.497 e. The summed E-state index contributed by atoms with van der Waals surface area (Å²) in [7, 11) is 1.62. The van der Waals surface area contributed by atoms with Crippen molar-refractivity contribution in [2.45, 2.75) is 25.7 Å². The number of esters is 1. The van der Waals surface area contributed by atoms with E-state index in [1.807, 2.05) is 30.3 Å². The van der Waals surface area contributed by atoms with Gasteiger partial charge in [-0.1, -0.05) is 24.3 Å². The number of benzene rings is 2. The van der Waals surface area contributed by atoms with E-state index in [9.17, 15) is 9.18 Å². The lowest BCUT2D eigenvalue weighted by Gasteiger charge is -2.17. The van der Waals surface area contributed by atoms with Crippen LogP contribution in [-0.2, 0) is 16.0 Å². The summed E-state index contributed by atoms with van der Waals surface area (Å²) < 4.78 is 23.7. The van der Waals surface area contributed by atoms with Gasteiger partial charge in [-0.3, -0.25) is 4.79 Å². The first-order valence-electron chi connectivity index (χ1n) is 7.66. The van der Waals surface area contributed by atoms with Crippen LogP contribution in [0.25, 0.3) is 0 Å². The molecule has 4 heteroatoms. The number of carbonyl (C=O) groups excluding carboxylic acids is 1. The fourth-order valence-electron chi connectivity index (χ4n) is 2.54. The molecule has 0 aliphatic heterocycles. The highest BCUT2D eigenvalue weighted by atomic mass is 19.1. The Morgan fingerprint density at radius 3 is 2.52 bits per heavy atom. The molecule has 23 heavy (non-hydrogen) atoms. The van der Waals surface area contributed by atoms with Crippen LogP contribution in [0, 0.1) is 5.82 Å². The van der Waals surface area contributed by atoms with Crippen molar-refractivity contribution in [1.82, 2.24) is 0 Å². The van der Waals surface area contributed by atoms with Crippen LogP contribution in [0.3, 0.4) is 0 Å². The molecule has 2 aromatic rings. The zero-order valence-corrected chi connectivity index (χ0v) is 13.4. The van der Waals surface area contributed by atoms with Gasteiger partial charge in [0.15, 0.2) is 0 Å². The molecule has 2 rings (SSSR count). The second kappa shape index (κ2) is 8.32. The molecule has 0 spiro atoms. The Bertz CT molecular complexity index is 637. The molecule has 0 aliphatic rings. The molecule has 0 heterocycles. The van der Waals surface area contributed by atoms with Gasteiger partial charge in [0.2, 0.25) is 0 Å². The quantitative estimate of drug-likeness (QED) is 0.721. The van der Waals surface area contributed by atoms with E-state index in [1.54, 1.807) is 20.1 Å². The molecule has 0 fully saturated rings. The van der Waals surface area contributed by atoms with Crippen LogP contribution in [0.15, 0.2) is 48.5 Å². The first-order chi connectivity index (χ1) is 11.1. The van der Waals surface area contributed by atoms with Gasteiger partial charge < -0.3 is 9.47 Å². The van der Waals surface area contributed by atoms with Crippen molar-refractivity contribution >= 4 is 5.97 Å². The van der Waals surface area contributed by atoms with Gasteiger partial charge in [0, 0.05) is 0 Å². The zero-order valence-electron chi connectivity index (χ0n) is 13.4. The maximum absolute atomic E-state index is 13.5. The van der Waals surface area contributed by atoms with Crippen LogP contribution in [0.5, 0.6) is 5.75 Å². The van der Waals surface area contributed by atoms with Crippen LogP contribution < -0.4 is 4.74 Å². The van der Waals surface area contributed by atoms with Crippen LogP contribution in [0.4, 0.5) is 4.39 Å². The summed E-state index contributed by atoms with van der Waals surface area (Å²) in [4.78, 5) is 11.9. The van der Waals surface area contributed by atoms with Gasteiger partial charge >= 0.3 is 5.97 Å². The molecule has 0 aromatic heterocycles. The molecule has 0 saturated carbocycles. The zero-order chi connectivity index (χ0) is 16.7. The normalized spacial score (nSPS) is 11.8. The fraction of sp³-hybridized carbons (Fsp3) is 0.316. The van der Waals surface area contributed by atoms with Crippen molar-refractivity contribution < 1.29 is 18.7 Å². The lowest BCUT2D eigenvalue weighted by atomic mass is 9.89. The van der Waals surface area contributed by atoms with E-state index in [2.05, 4.69) is 0 Å². The van der Waals surface area contributed by atoms with E-state index in [0.29, 0.717) is 13.0 Å². The number of hydrogen-bond donors (Lipinski definition) is 0. The van der Waals surface area contributed by atoms with E-state index in [4.69, 9.17) is 9.47 Å². The van der Waals surface area contributed by atoms with Crippen molar-refractivity contribution in [2.24, 2.45) is 0 Å². The molecule has 0 N–H and O–H groups in total. The Morgan fingerprint density at radius 1 is 1.17 bits per heavy atom. The third kappa shape index (κ3) is 5.09. The highest BCUT2D eigenvalue weighted by Gasteiger charge is 2.18. The average molecular weight is 316 g/mol. The lowest BCUT2D eigenvalue weighted by Crippen LogP contribution is -2.13. The SMILES string of the molecule is CCOC(=O)CC(Cc1ccc(OC)cc1)c1cccc(F)c1. The number of ether oxygens (including phenoxy) is 2. The highest BCUT2D eigenvalue weighted by molar-refractivity contribution is 5.70. The number of hydrogen-bond acceptors (Lipinski definition) is 3. The third-order valence-electron chi connectivity index (χ3n) is 3.68. The summed E-state index contributed by atoms with van der Waals surface area (Å²) in [5.41, 5.74) is 1.86. The Kier molecular flexibility index (Phi) is 6.15. The number of methoxy groups -OCH3 is 1. The van der Waals surface area contributed by atoms with Crippen LogP contribution in [0.2, 0.25) is 0 Å². The van der Waals surface area contributed by atoms with Gasteiger partial charge in [-0.15, -0.1) is 0 Å². The van der Waals surface area contributed by atoms with Crippen molar-refractivity contribution in [2.75, 3.05) is 13.7 Å². The maximum Gasteiger partial charge on any atom is 0.306 e. The van der Waals surface area contributed by atoms with E-state index in [1.165, 1.54) is 12.1 Å². The highest BCUT2D eigenvalue weighted by Crippen LogP contribution is 2.26. The third-order valence-corrected chi connectivity index (χ3v) is 3.68. The first-order valence-corrected chi connectivity index (χ1v) is 7.66. The van der Waals surface area contributed by atoms with E-state index >= 15 is 0 Å².